The Morgan fingerprint density at radius 2 is 1.75 bits per heavy atom. The molecule has 0 aromatic heterocycles. The van der Waals surface area contributed by atoms with Crippen LogP contribution in [0.1, 0.15) is 11.1 Å². The molecule has 0 fully saturated rings. The van der Waals surface area contributed by atoms with E-state index in [1.54, 1.807) is 6.08 Å². The van der Waals surface area contributed by atoms with Gasteiger partial charge in [0.2, 0.25) is 5.78 Å². The van der Waals surface area contributed by atoms with Crippen LogP contribution in [0.3, 0.4) is 0 Å². The molecule has 3 heteroatoms. The van der Waals surface area contributed by atoms with Crippen LogP contribution in [0.2, 0.25) is 0 Å². The molecule has 0 saturated heterocycles. The molecule has 0 bridgehead atoms. The van der Waals surface area contributed by atoms with Gasteiger partial charge in [-0.2, -0.15) is 0 Å². The zero-order valence-corrected chi connectivity index (χ0v) is 13.1. The summed E-state index contributed by atoms with van der Waals surface area (Å²) in [6, 6.07) is 18.8. The highest BCUT2D eigenvalue weighted by Gasteiger charge is 2.45. The van der Waals surface area contributed by atoms with Crippen LogP contribution in [0.5, 0.6) is 0 Å². The summed E-state index contributed by atoms with van der Waals surface area (Å²) in [7, 11) is 0. The Balaban J connectivity index is 1.92. The Bertz CT molecular complexity index is 826. The highest BCUT2D eigenvalue weighted by atomic mass is 16.7. The van der Waals surface area contributed by atoms with Gasteiger partial charge in [-0.3, -0.25) is 4.79 Å². The molecule has 1 atom stereocenters. The Morgan fingerprint density at radius 3 is 2.42 bits per heavy atom. The highest BCUT2D eigenvalue weighted by molar-refractivity contribution is 6.06. The second-order valence-electron chi connectivity index (χ2n) is 5.17. The molecule has 24 heavy (non-hydrogen) atoms. The van der Waals surface area contributed by atoms with Gasteiger partial charge in [-0.05, 0) is 18.1 Å². The molecule has 1 heterocycles. The maximum absolute atomic E-state index is 12.5. The number of ketones is 1. The van der Waals surface area contributed by atoms with Gasteiger partial charge < -0.3 is 9.47 Å². The molecular weight excluding hydrogens is 300 g/mol. The molecule has 0 N–H and O–H groups in total. The number of hydrogen-bond donors (Lipinski definition) is 0. The highest BCUT2D eigenvalue weighted by Crippen LogP contribution is 2.32. The molecule has 1 unspecified atom stereocenters. The summed E-state index contributed by atoms with van der Waals surface area (Å²) in [6.07, 6.45) is 2.99. The number of carbonyl (C=O) groups is 1. The van der Waals surface area contributed by atoms with Crippen LogP contribution in [-0.4, -0.2) is 18.2 Å². The average Bonchev–Trinajstić information content (AvgIpc) is 2.97. The quantitative estimate of drug-likeness (QED) is 0.639. The normalized spacial score (nSPS) is 19.0. The molecule has 0 saturated carbocycles. The lowest BCUT2D eigenvalue weighted by Gasteiger charge is -2.22. The molecule has 0 radical (unpaired) electrons. The fourth-order valence-electron chi connectivity index (χ4n) is 2.27. The van der Waals surface area contributed by atoms with Crippen molar-refractivity contribution in [2.75, 3.05) is 6.61 Å². The SMILES string of the molecule is C=CCOC1(C#Cc2ccccc2)OC(c2ccccc2)=CC1=O. The van der Waals surface area contributed by atoms with Crippen molar-refractivity contribution in [1.82, 2.24) is 0 Å². The van der Waals surface area contributed by atoms with Crippen molar-refractivity contribution in [2.24, 2.45) is 0 Å². The second kappa shape index (κ2) is 6.99. The van der Waals surface area contributed by atoms with E-state index in [2.05, 4.69) is 18.4 Å². The lowest BCUT2D eigenvalue weighted by Crippen LogP contribution is -2.38. The predicted molar refractivity (Wildman–Crippen MR) is 92.7 cm³/mol. The van der Waals surface area contributed by atoms with Crippen LogP contribution in [0.4, 0.5) is 0 Å². The first-order chi connectivity index (χ1) is 11.7. The van der Waals surface area contributed by atoms with Crippen LogP contribution in [0, 0.1) is 11.8 Å². The molecular formula is C21H16O3. The zero-order chi connectivity index (χ0) is 16.8. The fraction of sp³-hybridized carbons (Fsp3) is 0.0952. The van der Waals surface area contributed by atoms with E-state index in [0.717, 1.165) is 11.1 Å². The van der Waals surface area contributed by atoms with Gasteiger partial charge in [-0.25, -0.2) is 0 Å². The van der Waals surface area contributed by atoms with Gasteiger partial charge in [-0.1, -0.05) is 60.5 Å². The monoisotopic (exact) mass is 316 g/mol. The van der Waals surface area contributed by atoms with Crippen molar-refractivity contribution < 1.29 is 14.3 Å². The second-order valence-corrected chi connectivity index (χ2v) is 5.17. The first kappa shape index (κ1) is 15.8. The third-order valence-electron chi connectivity index (χ3n) is 3.45. The van der Waals surface area contributed by atoms with Crippen molar-refractivity contribution in [3.8, 4) is 11.8 Å². The van der Waals surface area contributed by atoms with Gasteiger partial charge in [0.1, 0.15) is 5.76 Å². The third kappa shape index (κ3) is 3.29. The largest absolute Gasteiger partial charge is 0.444 e. The van der Waals surface area contributed by atoms with E-state index in [-0.39, 0.29) is 12.4 Å². The summed E-state index contributed by atoms with van der Waals surface area (Å²) < 4.78 is 11.4. The topological polar surface area (TPSA) is 35.5 Å². The number of carbonyl (C=O) groups excluding carboxylic acids is 1. The van der Waals surface area contributed by atoms with E-state index in [0.29, 0.717) is 5.76 Å². The third-order valence-corrected chi connectivity index (χ3v) is 3.45. The molecule has 2 aromatic rings. The van der Waals surface area contributed by atoms with Gasteiger partial charge in [0.25, 0.3) is 0 Å². The van der Waals surface area contributed by atoms with E-state index in [4.69, 9.17) is 9.47 Å². The summed E-state index contributed by atoms with van der Waals surface area (Å²) in [5.74, 6) is 4.30. The lowest BCUT2D eigenvalue weighted by molar-refractivity contribution is -0.164. The zero-order valence-electron chi connectivity index (χ0n) is 13.1. The minimum Gasteiger partial charge on any atom is -0.444 e. The van der Waals surface area contributed by atoms with E-state index in [1.165, 1.54) is 6.08 Å². The maximum atomic E-state index is 12.5. The molecule has 0 amide bonds. The van der Waals surface area contributed by atoms with E-state index in [9.17, 15) is 4.79 Å². The van der Waals surface area contributed by atoms with Gasteiger partial charge in [-0.15, -0.1) is 6.58 Å². The Labute approximate surface area is 141 Å². The van der Waals surface area contributed by atoms with Gasteiger partial charge in [0, 0.05) is 17.2 Å². The number of hydrogen-bond acceptors (Lipinski definition) is 3. The van der Waals surface area contributed by atoms with Crippen molar-refractivity contribution >= 4 is 11.5 Å². The summed E-state index contributed by atoms with van der Waals surface area (Å²) in [5, 5.41) is 0. The first-order valence-electron chi connectivity index (χ1n) is 7.57. The fourth-order valence-corrected chi connectivity index (χ4v) is 2.27. The summed E-state index contributed by atoms with van der Waals surface area (Å²) in [4.78, 5) is 12.5. The van der Waals surface area contributed by atoms with E-state index in [1.807, 2.05) is 60.7 Å². The standard InChI is InChI=1S/C21H16O3/c1-2-15-23-21(14-13-17-9-5-3-6-10-17)20(22)16-19(24-21)18-11-7-4-8-12-18/h2-12,16H,1,15H2. The number of rotatable bonds is 4. The number of benzene rings is 2. The van der Waals surface area contributed by atoms with Crippen LogP contribution < -0.4 is 0 Å². The predicted octanol–water partition coefficient (Wildman–Crippen LogP) is 3.58. The molecule has 3 nitrogen and oxygen atoms in total. The van der Waals surface area contributed by atoms with Gasteiger partial charge >= 0.3 is 5.79 Å². The summed E-state index contributed by atoms with van der Waals surface area (Å²) in [5.41, 5.74) is 1.58. The first-order valence-corrected chi connectivity index (χ1v) is 7.57. The van der Waals surface area contributed by atoms with Crippen LogP contribution in [0.25, 0.3) is 5.76 Å². The van der Waals surface area contributed by atoms with E-state index < -0.39 is 5.79 Å². The van der Waals surface area contributed by atoms with Crippen molar-refractivity contribution in [3.63, 3.8) is 0 Å². The van der Waals surface area contributed by atoms with Crippen molar-refractivity contribution in [2.45, 2.75) is 5.79 Å². The maximum Gasteiger partial charge on any atom is 0.342 e. The molecule has 0 aliphatic carbocycles. The molecule has 118 valence electrons. The molecule has 1 aliphatic heterocycles. The molecule has 0 spiro atoms. The Kier molecular flexibility index (Phi) is 4.60. The van der Waals surface area contributed by atoms with Gasteiger partial charge in [0.05, 0.1) is 6.61 Å². The molecule has 2 aromatic carbocycles. The van der Waals surface area contributed by atoms with Crippen LogP contribution in [0.15, 0.2) is 79.4 Å². The average molecular weight is 316 g/mol. The Morgan fingerprint density at radius 1 is 1.08 bits per heavy atom. The van der Waals surface area contributed by atoms with E-state index >= 15 is 0 Å². The summed E-state index contributed by atoms with van der Waals surface area (Å²) in [6.45, 7) is 3.77. The van der Waals surface area contributed by atoms with Crippen molar-refractivity contribution in [3.05, 3.63) is 90.5 Å². The van der Waals surface area contributed by atoms with Crippen molar-refractivity contribution in [1.29, 1.82) is 0 Å². The lowest BCUT2D eigenvalue weighted by atomic mass is 10.1. The van der Waals surface area contributed by atoms with Crippen LogP contribution >= 0.6 is 0 Å². The molecule has 3 rings (SSSR count). The summed E-state index contributed by atoms with van der Waals surface area (Å²) >= 11 is 0. The van der Waals surface area contributed by atoms with Crippen LogP contribution in [-0.2, 0) is 14.3 Å². The minimum absolute atomic E-state index is 0.158. The molecule has 1 aliphatic rings. The Hall–Kier alpha value is -3.09. The van der Waals surface area contributed by atoms with Gasteiger partial charge in [0.15, 0.2) is 0 Å². The smallest absolute Gasteiger partial charge is 0.342 e. The minimum atomic E-state index is -1.63. The number of ether oxygens (including phenoxy) is 2.